The minimum absolute atomic E-state index is 0.134. The summed E-state index contributed by atoms with van der Waals surface area (Å²) >= 11 is 0. The Hall–Kier alpha value is -3.23. The lowest BCUT2D eigenvalue weighted by Crippen LogP contribution is -2.43. The molecule has 5 rings (SSSR count). The molecule has 8 heteroatoms. The first-order valence-electron chi connectivity index (χ1n) is 11.1. The molecular weight excluding hydrogens is 408 g/mol. The number of methoxy groups -OCH3 is 1. The number of nitrogens with one attached hydrogen (secondary N) is 2. The van der Waals surface area contributed by atoms with E-state index in [0.717, 1.165) is 63.6 Å². The molecular formula is C24H28N4O4. The Morgan fingerprint density at radius 2 is 1.56 bits per heavy atom. The van der Waals surface area contributed by atoms with Crippen LogP contribution in [0.3, 0.4) is 0 Å². The number of hydrogen-bond acceptors (Lipinski definition) is 8. The Morgan fingerprint density at radius 1 is 0.938 bits per heavy atom. The van der Waals surface area contributed by atoms with Crippen molar-refractivity contribution in [2.75, 3.05) is 69.3 Å². The van der Waals surface area contributed by atoms with Gasteiger partial charge in [-0.25, -0.2) is 0 Å². The molecule has 0 aliphatic carbocycles. The van der Waals surface area contributed by atoms with E-state index in [1.165, 1.54) is 12.1 Å². The summed E-state index contributed by atoms with van der Waals surface area (Å²) in [5.41, 5.74) is 2.76. The van der Waals surface area contributed by atoms with Gasteiger partial charge in [0.2, 0.25) is 0 Å². The van der Waals surface area contributed by atoms with E-state index in [9.17, 15) is 9.90 Å². The van der Waals surface area contributed by atoms with Crippen LogP contribution >= 0.6 is 0 Å². The molecule has 2 fully saturated rings. The van der Waals surface area contributed by atoms with Crippen LogP contribution in [-0.2, 0) is 0 Å². The summed E-state index contributed by atoms with van der Waals surface area (Å²) in [6.07, 6.45) is 0. The normalized spacial score (nSPS) is 17.0. The van der Waals surface area contributed by atoms with Gasteiger partial charge in [-0.15, -0.1) is 0 Å². The molecule has 32 heavy (non-hydrogen) atoms. The maximum atomic E-state index is 13.0. The van der Waals surface area contributed by atoms with Crippen LogP contribution in [0.4, 0.5) is 11.4 Å². The number of rotatable bonds is 4. The molecule has 2 aliphatic heterocycles. The molecule has 0 spiro atoms. The van der Waals surface area contributed by atoms with Gasteiger partial charge in [-0.05, 0) is 24.3 Å². The Balaban J connectivity index is 1.61. The Bertz CT molecular complexity index is 1160. The molecule has 2 aliphatic rings. The number of phenolic OH excluding ortho intramolecular Hbond substituents is 1. The van der Waals surface area contributed by atoms with E-state index in [4.69, 9.17) is 9.15 Å². The lowest BCUT2D eigenvalue weighted by molar-refractivity contribution is 0.406. The van der Waals surface area contributed by atoms with Crippen LogP contribution in [0.25, 0.3) is 22.3 Å². The summed E-state index contributed by atoms with van der Waals surface area (Å²) in [5, 5.41) is 17.4. The third-order valence-electron chi connectivity index (χ3n) is 6.21. The van der Waals surface area contributed by atoms with E-state index in [-0.39, 0.29) is 16.6 Å². The fraction of sp³-hybridized carbons (Fsp3) is 0.375. The summed E-state index contributed by atoms with van der Waals surface area (Å²) in [5.74, 6) is 0.828. The van der Waals surface area contributed by atoms with Crippen molar-refractivity contribution in [1.82, 2.24) is 10.6 Å². The summed E-state index contributed by atoms with van der Waals surface area (Å²) in [7, 11) is 1.56. The van der Waals surface area contributed by atoms with Gasteiger partial charge in [0.25, 0.3) is 0 Å². The molecule has 2 aromatic carbocycles. The zero-order valence-corrected chi connectivity index (χ0v) is 18.2. The minimum atomic E-state index is -0.274. The predicted molar refractivity (Wildman–Crippen MR) is 126 cm³/mol. The zero-order chi connectivity index (χ0) is 22.1. The first-order chi connectivity index (χ1) is 15.7. The van der Waals surface area contributed by atoms with Gasteiger partial charge >= 0.3 is 0 Å². The summed E-state index contributed by atoms with van der Waals surface area (Å²) in [6, 6.07) is 11.0. The third kappa shape index (κ3) is 3.76. The van der Waals surface area contributed by atoms with Gasteiger partial charge in [-0.2, -0.15) is 0 Å². The molecule has 0 unspecified atom stereocenters. The summed E-state index contributed by atoms with van der Waals surface area (Å²) in [6.45, 7) is 7.04. The lowest BCUT2D eigenvalue weighted by Gasteiger charge is -2.31. The average molecular weight is 437 g/mol. The fourth-order valence-electron chi connectivity index (χ4n) is 4.52. The number of hydrogen-bond donors (Lipinski definition) is 3. The molecule has 8 nitrogen and oxygen atoms in total. The molecule has 3 heterocycles. The monoisotopic (exact) mass is 436 g/mol. The Morgan fingerprint density at radius 3 is 2.19 bits per heavy atom. The molecule has 1 aromatic heterocycles. The number of nitrogens with zero attached hydrogens (tertiary/aromatic N) is 2. The van der Waals surface area contributed by atoms with Gasteiger partial charge in [-0.3, -0.25) is 4.79 Å². The number of piperazine rings is 2. The van der Waals surface area contributed by atoms with Crippen LogP contribution in [-0.4, -0.2) is 64.6 Å². The number of benzene rings is 2. The van der Waals surface area contributed by atoms with Crippen molar-refractivity contribution in [1.29, 1.82) is 0 Å². The highest BCUT2D eigenvalue weighted by Crippen LogP contribution is 2.41. The molecule has 2 saturated heterocycles. The lowest BCUT2D eigenvalue weighted by atomic mass is 10.1. The molecule has 0 amide bonds. The van der Waals surface area contributed by atoms with E-state index in [1.54, 1.807) is 7.11 Å². The van der Waals surface area contributed by atoms with Crippen molar-refractivity contribution < 1.29 is 14.3 Å². The Kier molecular flexibility index (Phi) is 5.63. The van der Waals surface area contributed by atoms with E-state index >= 15 is 0 Å². The number of fused-ring (bicyclic) bond motifs is 1. The van der Waals surface area contributed by atoms with Gasteiger partial charge in [-0.1, -0.05) is 0 Å². The second kappa shape index (κ2) is 8.72. The second-order valence-electron chi connectivity index (χ2n) is 8.15. The van der Waals surface area contributed by atoms with Crippen molar-refractivity contribution in [3.63, 3.8) is 0 Å². The molecule has 3 aromatic rings. The number of phenols is 1. The summed E-state index contributed by atoms with van der Waals surface area (Å²) in [4.78, 5) is 17.5. The van der Waals surface area contributed by atoms with Crippen molar-refractivity contribution in [3.8, 4) is 22.8 Å². The van der Waals surface area contributed by atoms with Gasteiger partial charge < -0.3 is 34.7 Å². The van der Waals surface area contributed by atoms with Crippen LogP contribution in [0.2, 0.25) is 0 Å². The van der Waals surface area contributed by atoms with Crippen molar-refractivity contribution in [2.24, 2.45) is 0 Å². The maximum Gasteiger partial charge on any atom is 0.197 e. The van der Waals surface area contributed by atoms with Gasteiger partial charge in [0.05, 0.1) is 7.11 Å². The van der Waals surface area contributed by atoms with Crippen LogP contribution in [0.5, 0.6) is 11.5 Å². The van der Waals surface area contributed by atoms with Crippen LogP contribution in [0.15, 0.2) is 45.6 Å². The molecule has 0 bridgehead atoms. The molecule has 3 N–H and O–H groups in total. The topological polar surface area (TPSA) is 90.2 Å². The fourth-order valence-corrected chi connectivity index (χ4v) is 4.52. The van der Waals surface area contributed by atoms with E-state index in [2.05, 4.69) is 32.6 Å². The first kappa shape index (κ1) is 20.7. The molecule has 168 valence electrons. The predicted octanol–water partition coefficient (Wildman–Crippen LogP) is 1.99. The van der Waals surface area contributed by atoms with Gasteiger partial charge in [0.1, 0.15) is 28.3 Å². The SMILES string of the molecule is COc1cc(O)c2c(=O)cc(-c3ccc(N4CCNCC4)cc3)oc2c1N1CCNCC1. The van der Waals surface area contributed by atoms with Crippen molar-refractivity contribution in [2.45, 2.75) is 0 Å². The average Bonchev–Trinajstić information content (AvgIpc) is 2.84. The smallest absolute Gasteiger partial charge is 0.197 e. The van der Waals surface area contributed by atoms with Crippen LogP contribution < -0.4 is 30.6 Å². The van der Waals surface area contributed by atoms with Crippen LogP contribution in [0.1, 0.15) is 0 Å². The maximum absolute atomic E-state index is 13.0. The van der Waals surface area contributed by atoms with Crippen molar-refractivity contribution in [3.05, 3.63) is 46.6 Å². The largest absolute Gasteiger partial charge is 0.507 e. The van der Waals surface area contributed by atoms with E-state index in [1.807, 2.05) is 12.1 Å². The minimum Gasteiger partial charge on any atom is -0.507 e. The first-order valence-corrected chi connectivity index (χ1v) is 11.1. The highest BCUT2D eigenvalue weighted by Gasteiger charge is 2.24. The van der Waals surface area contributed by atoms with E-state index in [0.29, 0.717) is 22.8 Å². The van der Waals surface area contributed by atoms with Crippen LogP contribution in [0, 0.1) is 0 Å². The highest BCUT2D eigenvalue weighted by molar-refractivity contribution is 5.97. The number of anilines is 2. The zero-order valence-electron chi connectivity index (χ0n) is 18.2. The number of aromatic hydroxyl groups is 1. The standard InChI is InChI=1S/C24H28N4O4/c1-31-21-15-19(30)22-18(29)14-20(32-24(22)23(21)28-12-8-26-9-13-28)16-2-4-17(5-3-16)27-10-6-25-7-11-27/h2-5,14-15,25-26,30H,6-13H2,1H3. The Labute approximate surface area is 186 Å². The van der Waals surface area contributed by atoms with Crippen molar-refractivity contribution >= 4 is 22.3 Å². The number of ether oxygens (including phenoxy) is 1. The second-order valence-corrected chi connectivity index (χ2v) is 8.15. The quantitative estimate of drug-likeness (QED) is 0.572. The van der Waals surface area contributed by atoms with Gasteiger partial charge in [0.15, 0.2) is 11.0 Å². The molecule has 0 saturated carbocycles. The highest BCUT2D eigenvalue weighted by atomic mass is 16.5. The molecule has 0 atom stereocenters. The molecule has 0 radical (unpaired) electrons. The third-order valence-corrected chi connectivity index (χ3v) is 6.21. The summed E-state index contributed by atoms with van der Waals surface area (Å²) < 4.78 is 11.9. The van der Waals surface area contributed by atoms with Gasteiger partial charge in [0, 0.05) is 75.7 Å². The van der Waals surface area contributed by atoms with E-state index < -0.39 is 0 Å².